The zero-order valence-corrected chi connectivity index (χ0v) is 14.6. The fourth-order valence-corrected chi connectivity index (χ4v) is 4.42. The summed E-state index contributed by atoms with van der Waals surface area (Å²) in [5.74, 6) is 3.01. The summed E-state index contributed by atoms with van der Waals surface area (Å²) in [4.78, 5) is 21.2. The molecule has 0 radical (unpaired) electrons. The number of hydrogen-bond donors (Lipinski definition) is 0. The van der Waals surface area contributed by atoms with E-state index in [-0.39, 0.29) is 0 Å². The first kappa shape index (κ1) is 15.8. The third-order valence-electron chi connectivity index (χ3n) is 4.99. The highest BCUT2D eigenvalue weighted by Crippen LogP contribution is 2.28. The number of para-hydroxylation sites is 2. The molecule has 2 saturated heterocycles. The normalized spacial score (nSPS) is 19.8. The van der Waals surface area contributed by atoms with Crippen molar-refractivity contribution in [3.63, 3.8) is 0 Å². The highest BCUT2D eigenvalue weighted by atomic mass is 32.2. The van der Waals surface area contributed by atoms with Crippen molar-refractivity contribution in [2.75, 3.05) is 42.6 Å². The van der Waals surface area contributed by atoms with Crippen LogP contribution in [0.2, 0.25) is 0 Å². The minimum atomic E-state index is 0.343. The largest absolute Gasteiger partial charge is 0.423 e. The molecule has 2 aliphatic rings. The van der Waals surface area contributed by atoms with Crippen LogP contribution in [0.3, 0.4) is 0 Å². The van der Waals surface area contributed by atoms with Crippen LogP contribution in [0.25, 0.3) is 11.1 Å². The van der Waals surface area contributed by atoms with Gasteiger partial charge in [-0.1, -0.05) is 12.1 Å². The summed E-state index contributed by atoms with van der Waals surface area (Å²) in [5.41, 5.74) is 1.75. The average Bonchev–Trinajstić information content (AvgIpc) is 3.07. The molecule has 0 spiro atoms. The van der Waals surface area contributed by atoms with Crippen LogP contribution in [0.5, 0.6) is 0 Å². The summed E-state index contributed by atoms with van der Waals surface area (Å²) in [7, 11) is 0. The molecule has 128 valence electrons. The minimum absolute atomic E-state index is 0.343. The summed E-state index contributed by atoms with van der Waals surface area (Å²) >= 11 is 1.94. The Kier molecular flexibility index (Phi) is 4.65. The van der Waals surface area contributed by atoms with E-state index in [0.29, 0.717) is 24.3 Å². The molecule has 24 heavy (non-hydrogen) atoms. The van der Waals surface area contributed by atoms with Crippen molar-refractivity contribution in [1.82, 2.24) is 9.88 Å². The maximum atomic E-state index is 12.4. The summed E-state index contributed by atoms with van der Waals surface area (Å²) in [5, 5.41) is 0. The molecule has 4 rings (SSSR count). The lowest BCUT2D eigenvalue weighted by Crippen LogP contribution is -2.40. The number of amides is 1. The van der Waals surface area contributed by atoms with Crippen molar-refractivity contribution in [3.05, 3.63) is 24.3 Å². The Morgan fingerprint density at radius 2 is 1.92 bits per heavy atom. The van der Waals surface area contributed by atoms with Gasteiger partial charge in [-0.2, -0.15) is 16.7 Å². The fourth-order valence-electron chi connectivity index (χ4n) is 3.51. The Balaban J connectivity index is 1.32. The Morgan fingerprint density at radius 3 is 2.67 bits per heavy atom. The van der Waals surface area contributed by atoms with Crippen LogP contribution in [-0.2, 0) is 4.79 Å². The molecule has 0 saturated carbocycles. The lowest BCUT2D eigenvalue weighted by molar-refractivity contribution is -0.132. The molecule has 0 aliphatic carbocycles. The van der Waals surface area contributed by atoms with Crippen molar-refractivity contribution in [1.29, 1.82) is 0 Å². The van der Waals surface area contributed by atoms with E-state index >= 15 is 0 Å². The number of thioether (sulfide) groups is 1. The van der Waals surface area contributed by atoms with Gasteiger partial charge in [0.25, 0.3) is 6.01 Å². The third kappa shape index (κ3) is 3.38. The van der Waals surface area contributed by atoms with Crippen molar-refractivity contribution < 1.29 is 9.21 Å². The molecule has 1 amide bonds. The molecular weight excluding hydrogens is 322 g/mol. The number of aromatic nitrogens is 1. The highest BCUT2D eigenvalue weighted by molar-refractivity contribution is 7.99. The van der Waals surface area contributed by atoms with Crippen LogP contribution >= 0.6 is 11.8 Å². The summed E-state index contributed by atoms with van der Waals surface area (Å²) in [6.07, 6.45) is 2.77. The number of fused-ring (bicyclic) bond motifs is 1. The maximum absolute atomic E-state index is 12.4. The predicted molar refractivity (Wildman–Crippen MR) is 97.5 cm³/mol. The molecule has 3 heterocycles. The zero-order chi connectivity index (χ0) is 16.4. The van der Waals surface area contributed by atoms with Gasteiger partial charge in [0.05, 0.1) is 0 Å². The van der Waals surface area contributed by atoms with E-state index < -0.39 is 0 Å². The summed E-state index contributed by atoms with van der Waals surface area (Å²) in [6, 6.07) is 8.59. The Morgan fingerprint density at radius 1 is 1.17 bits per heavy atom. The molecule has 0 N–H and O–H groups in total. The molecule has 0 atom stereocenters. The van der Waals surface area contributed by atoms with Gasteiger partial charge in [0, 0.05) is 44.1 Å². The molecule has 1 aromatic carbocycles. The zero-order valence-electron chi connectivity index (χ0n) is 13.8. The molecule has 2 aromatic rings. The van der Waals surface area contributed by atoms with E-state index in [1.54, 1.807) is 0 Å². The lowest BCUT2D eigenvalue weighted by Gasteiger charge is -2.32. The van der Waals surface area contributed by atoms with E-state index in [4.69, 9.17) is 4.42 Å². The number of rotatable bonds is 3. The molecule has 5 nitrogen and oxygen atoms in total. The number of carbonyl (C=O) groups is 1. The highest BCUT2D eigenvalue weighted by Gasteiger charge is 2.26. The topological polar surface area (TPSA) is 49.6 Å². The first-order chi connectivity index (χ1) is 11.8. The van der Waals surface area contributed by atoms with E-state index in [1.807, 2.05) is 40.9 Å². The number of benzene rings is 1. The smallest absolute Gasteiger partial charge is 0.298 e. The molecule has 6 heteroatoms. The number of oxazole rings is 1. The van der Waals surface area contributed by atoms with Crippen molar-refractivity contribution in [2.45, 2.75) is 19.3 Å². The monoisotopic (exact) mass is 345 g/mol. The van der Waals surface area contributed by atoms with E-state index in [0.717, 1.165) is 61.6 Å². The molecule has 0 unspecified atom stereocenters. The summed E-state index contributed by atoms with van der Waals surface area (Å²) in [6.45, 7) is 3.68. The van der Waals surface area contributed by atoms with Gasteiger partial charge in [0.15, 0.2) is 5.58 Å². The van der Waals surface area contributed by atoms with Gasteiger partial charge in [0.2, 0.25) is 5.91 Å². The molecule has 0 bridgehead atoms. The number of anilines is 1. The van der Waals surface area contributed by atoms with Crippen LogP contribution in [0.15, 0.2) is 28.7 Å². The van der Waals surface area contributed by atoms with Gasteiger partial charge in [-0.25, -0.2) is 0 Å². The Hall–Kier alpha value is -1.69. The first-order valence-electron chi connectivity index (χ1n) is 8.75. The summed E-state index contributed by atoms with van der Waals surface area (Å²) < 4.78 is 5.86. The van der Waals surface area contributed by atoms with Crippen LogP contribution in [-0.4, -0.2) is 53.5 Å². The van der Waals surface area contributed by atoms with Gasteiger partial charge in [-0.15, -0.1) is 0 Å². The van der Waals surface area contributed by atoms with Crippen LogP contribution in [0.4, 0.5) is 6.01 Å². The maximum Gasteiger partial charge on any atom is 0.298 e. The predicted octanol–water partition coefficient (Wildman–Crippen LogP) is 3.01. The Labute approximate surface area is 146 Å². The van der Waals surface area contributed by atoms with Gasteiger partial charge >= 0.3 is 0 Å². The van der Waals surface area contributed by atoms with E-state index in [1.165, 1.54) is 0 Å². The van der Waals surface area contributed by atoms with E-state index in [9.17, 15) is 4.79 Å². The number of nitrogens with zero attached hydrogens (tertiary/aromatic N) is 3. The SMILES string of the molecule is O=C(CC1CCN(c2nc3ccccc3o2)CC1)N1CCSCC1. The Bertz CT molecular complexity index is 670. The van der Waals surface area contributed by atoms with Crippen LogP contribution in [0, 0.1) is 5.92 Å². The van der Waals surface area contributed by atoms with E-state index in [2.05, 4.69) is 9.88 Å². The van der Waals surface area contributed by atoms with Gasteiger partial charge in [0.1, 0.15) is 5.52 Å². The average molecular weight is 345 g/mol. The standard InChI is InChI=1S/C18H23N3O2S/c22-17(20-9-11-24-12-10-20)13-14-5-7-21(8-6-14)18-19-15-3-1-2-4-16(15)23-18/h1-4,14H,5-13H2. The van der Waals surface area contributed by atoms with Crippen LogP contribution < -0.4 is 4.90 Å². The quantitative estimate of drug-likeness (QED) is 0.856. The fraction of sp³-hybridized carbons (Fsp3) is 0.556. The van der Waals surface area contributed by atoms with Gasteiger partial charge in [-0.05, 0) is 30.9 Å². The lowest BCUT2D eigenvalue weighted by atomic mass is 9.93. The van der Waals surface area contributed by atoms with Gasteiger partial charge < -0.3 is 14.2 Å². The molecule has 1 aromatic heterocycles. The van der Waals surface area contributed by atoms with Gasteiger partial charge in [-0.3, -0.25) is 4.79 Å². The second-order valence-corrected chi connectivity index (χ2v) is 7.82. The number of hydrogen-bond acceptors (Lipinski definition) is 5. The second-order valence-electron chi connectivity index (χ2n) is 6.59. The minimum Gasteiger partial charge on any atom is -0.423 e. The van der Waals surface area contributed by atoms with Crippen molar-refractivity contribution in [3.8, 4) is 0 Å². The first-order valence-corrected chi connectivity index (χ1v) is 9.91. The molecular formula is C18H23N3O2S. The number of piperidine rings is 1. The third-order valence-corrected chi connectivity index (χ3v) is 5.94. The van der Waals surface area contributed by atoms with Crippen LogP contribution in [0.1, 0.15) is 19.3 Å². The number of carbonyl (C=O) groups excluding carboxylic acids is 1. The van der Waals surface area contributed by atoms with Crippen molar-refractivity contribution >= 4 is 34.8 Å². The molecule has 2 aliphatic heterocycles. The molecule has 2 fully saturated rings. The second kappa shape index (κ2) is 7.05. The van der Waals surface area contributed by atoms with Crippen molar-refractivity contribution in [2.24, 2.45) is 5.92 Å².